The highest BCUT2D eigenvalue weighted by molar-refractivity contribution is 7.19. The second kappa shape index (κ2) is 10.8. The molecule has 5 heterocycles. The smallest absolute Gasteiger partial charge is 0.156 e. The van der Waals surface area contributed by atoms with Crippen molar-refractivity contribution < 1.29 is 4.39 Å². The molecule has 200 valence electrons. The minimum atomic E-state index is -0.816. The molecular weight excluding hydrogens is 495 g/mol. The van der Waals surface area contributed by atoms with Gasteiger partial charge in [-0.05, 0) is 64.9 Å². The van der Waals surface area contributed by atoms with Crippen LogP contribution in [0.5, 0.6) is 0 Å². The van der Waals surface area contributed by atoms with Crippen LogP contribution < -0.4 is 4.90 Å². The van der Waals surface area contributed by atoms with Crippen LogP contribution in [-0.4, -0.2) is 77.1 Å². The van der Waals surface area contributed by atoms with Gasteiger partial charge in [-0.3, -0.25) is 4.90 Å². The van der Waals surface area contributed by atoms with Crippen molar-refractivity contribution in [3.05, 3.63) is 59.1 Å². The van der Waals surface area contributed by atoms with E-state index in [9.17, 15) is 4.39 Å². The molecule has 6 nitrogen and oxygen atoms in total. The number of aryl methyl sites for hydroxylation is 1. The van der Waals surface area contributed by atoms with Crippen LogP contribution in [0.1, 0.15) is 36.1 Å². The monoisotopic (exact) mass is 532 g/mol. The molecule has 0 saturated carbocycles. The molecule has 1 aromatic carbocycles. The summed E-state index contributed by atoms with van der Waals surface area (Å²) < 4.78 is 18.0. The van der Waals surface area contributed by atoms with Gasteiger partial charge in [-0.25, -0.2) is 14.1 Å². The van der Waals surface area contributed by atoms with E-state index < -0.39 is 6.17 Å². The van der Waals surface area contributed by atoms with E-state index in [2.05, 4.69) is 59.2 Å². The summed E-state index contributed by atoms with van der Waals surface area (Å²) in [7, 11) is 3.96. The average Bonchev–Trinajstić information content (AvgIpc) is 3.56. The Kier molecular flexibility index (Phi) is 7.20. The molecule has 0 radical (unpaired) electrons. The minimum absolute atomic E-state index is 0.0161. The van der Waals surface area contributed by atoms with Crippen LogP contribution in [-0.2, 0) is 6.54 Å². The largest absolute Gasteiger partial charge is 0.370 e. The van der Waals surface area contributed by atoms with Crippen molar-refractivity contribution in [2.45, 2.75) is 51.4 Å². The topological polar surface area (TPSA) is 40.4 Å². The molecule has 6 rings (SSSR count). The molecule has 2 atom stereocenters. The fraction of sp³-hybridized carbons (Fsp3) is 0.467. The Bertz CT molecular complexity index is 1410. The maximum atomic E-state index is 14.8. The molecule has 8 heteroatoms. The minimum Gasteiger partial charge on any atom is -0.370 e. The van der Waals surface area contributed by atoms with E-state index in [1.165, 1.54) is 40.1 Å². The number of aromatic nitrogens is 3. The first kappa shape index (κ1) is 25.5. The maximum Gasteiger partial charge on any atom is 0.156 e. The van der Waals surface area contributed by atoms with E-state index in [1.807, 2.05) is 41.2 Å². The molecule has 38 heavy (non-hydrogen) atoms. The Morgan fingerprint density at radius 2 is 1.89 bits per heavy atom. The van der Waals surface area contributed by atoms with E-state index in [0.29, 0.717) is 6.54 Å². The van der Waals surface area contributed by atoms with E-state index in [0.717, 1.165) is 55.2 Å². The molecule has 0 spiro atoms. The highest BCUT2D eigenvalue weighted by atomic mass is 32.1. The Labute approximate surface area is 228 Å². The summed E-state index contributed by atoms with van der Waals surface area (Å²) in [4.78, 5) is 13.1. The van der Waals surface area contributed by atoms with Crippen molar-refractivity contribution in [3.8, 4) is 17.1 Å². The van der Waals surface area contributed by atoms with Crippen LogP contribution in [0.25, 0.3) is 27.3 Å². The molecule has 2 unspecified atom stereocenters. The molecule has 0 amide bonds. The van der Waals surface area contributed by atoms with Gasteiger partial charge in [0.15, 0.2) is 5.82 Å². The predicted octanol–water partition coefficient (Wildman–Crippen LogP) is 5.92. The quantitative estimate of drug-likeness (QED) is 0.308. The maximum absolute atomic E-state index is 14.8. The number of rotatable bonds is 6. The summed E-state index contributed by atoms with van der Waals surface area (Å²) in [5.74, 6) is 0.844. The van der Waals surface area contributed by atoms with Gasteiger partial charge in [0.05, 0.1) is 21.6 Å². The number of fused-ring (bicyclic) bond motifs is 1. The molecule has 2 fully saturated rings. The molecule has 2 aliphatic heterocycles. The van der Waals surface area contributed by atoms with Crippen LogP contribution in [0.2, 0.25) is 0 Å². The average molecular weight is 533 g/mol. The predicted molar refractivity (Wildman–Crippen MR) is 155 cm³/mol. The third-order valence-electron chi connectivity index (χ3n) is 7.97. The Morgan fingerprint density at radius 3 is 2.66 bits per heavy atom. The fourth-order valence-electron chi connectivity index (χ4n) is 5.92. The van der Waals surface area contributed by atoms with Crippen LogP contribution in [0, 0.1) is 6.92 Å². The van der Waals surface area contributed by atoms with Gasteiger partial charge in [0, 0.05) is 61.5 Å². The van der Waals surface area contributed by atoms with Crippen LogP contribution in [0.3, 0.4) is 0 Å². The molecular formula is C30H37FN6S. The fourth-order valence-corrected chi connectivity index (χ4v) is 7.10. The van der Waals surface area contributed by atoms with Crippen molar-refractivity contribution in [2.24, 2.45) is 0 Å². The number of piperidine rings is 2. The number of nitrogens with zero attached hydrogens (tertiary/aromatic N) is 6. The van der Waals surface area contributed by atoms with Gasteiger partial charge >= 0.3 is 0 Å². The summed E-state index contributed by atoms with van der Waals surface area (Å²) in [6, 6.07) is 14.9. The van der Waals surface area contributed by atoms with Crippen LogP contribution in [0.15, 0.2) is 48.7 Å². The number of likely N-dealkylation sites (tertiary alicyclic amines) is 1. The van der Waals surface area contributed by atoms with Gasteiger partial charge in [0.25, 0.3) is 0 Å². The molecule has 0 N–H and O–H groups in total. The Balaban J connectivity index is 1.32. The van der Waals surface area contributed by atoms with Gasteiger partial charge in [0.1, 0.15) is 6.17 Å². The molecule has 0 bridgehead atoms. The summed E-state index contributed by atoms with van der Waals surface area (Å²) in [5, 5.41) is 4.90. The lowest BCUT2D eigenvalue weighted by Crippen LogP contribution is -2.49. The van der Waals surface area contributed by atoms with E-state index in [-0.39, 0.29) is 6.04 Å². The highest BCUT2D eigenvalue weighted by Crippen LogP contribution is 2.37. The first-order valence-corrected chi connectivity index (χ1v) is 14.6. The number of benzene rings is 1. The zero-order valence-corrected chi connectivity index (χ0v) is 23.4. The van der Waals surface area contributed by atoms with Gasteiger partial charge < -0.3 is 9.80 Å². The lowest BCUT2D eigenvalue weighted by molar-refractivity contribution is 0.0550. The molecule has 2 saturated heterocycles. The summed E-state index contributed by atoms with van der Waals surface area (Å²) in [6.45, 7) is 6.43. The lowest BCUT2D eigenvalue weighted by Gasteiger charge is -2.37. The van der Waals surface area contributed by atoms with E-state index in [4.69, 9.17) is 10.1 Å². The third kappa shape index (κ3) is 5.22. The molecule has 3 aromatic heterocycles. The second-order valence-corrected chi connectivity index (χ2v) is 12.2. The third-order valence-corrected chi connectivity index (χ3v) is 9.10. The van der Waals surface area contributed by atoms with Gasteiger partial charge in [0.2, 0.25) is 0 Å². The van der Waals surface area contributed by atoms with Gasteiger partial charge in [-0.2, -0.15) is 5.10 Å². The zero-order chi connectivity index (χ0) is 26.2. The zero-order valence-electron chi connectivity index (χ0n) is 22.6. The van der Waals surface area contributed by atoms with Crippen molar-refractivity contribution >= 4 is 27.2 Å². The summed E-state index contributed by atoms with van der Waals surface area (Å²) in [5.41, 5.74) is 5.55. The lowest BCUT2D eigenvalue weighted by atomic mass is 10.0. The Morgan fingerprint density at radius 1 is 1.05 bits per heavy atom. The number of hydrogen-bond donors (Lipinski definition) is 0. The summed E-state index contributed by atoms with van der Waals surface area (Å²) >= 11 is 1.82. The van der Waals surface area contributed by atoms with Crippen molar-refractivity contribution in [1.82, 2.24) is 24.6 Å². The van der Waals surface area contributed by atoms with Gasteiger partial charge in [-0.15, -0.1) is 11.3 Å². The Hall–Kier alpha value is -2.81. The normalized spacial score (nSPS) is 21.0. The van der Waals surface area contributed by atoms with Crippen molar-refractivity contribution in [3.63, 3.8) is 0 Å². The molecule has 4 aromatic rings. The number of hydrogen-bond acceptors (Lipinski definition) is 6. The second-order valence-electron chi connectivity index (χ2n) is 11.1. The highest BCUT2D eigenvalue weighted by Gasteiger charge is 2.31. The number of pyridine rings is 1. The number of thiophene rings is 1. The van der Waals surface area contributed by atoms with Crippen LogP contribution >= 0.6 is 11.3 Å². The SMILES string of the molecule is Cc1cccc(-c2ccn(-c3cc(N4CCCCC4)c4sc(CN5CCC(N(C)C)C(F)C5)cc4n3)n2)c1. The number of alkyl halides is 1. The van der Waals surface area contributed by atoms with Gasteiger partial charge in [-0.1, -0.05) is 23.8 Å². The standard InChI is InChI=1S/C30H37FN6S/c1-21-8-7-9-22(16-21)25-10-15-37(33-25)29-18-28(36-12-5-4-6-13-36)30-26(32-29)17-23(38-30)19-35-14-11-27(34(2)3)24(31)20-35/h7-10,15-18,24,27H,4-6,11-14,19-20H2,1-3H3. The summed E-state index contributed by atoms with van der Waals surface area (Å²) in [6.07, 6.45) is 5.78. The van der Waals surface area contributed by atoms with Crippen molar-refractivity contribution in [2.75, 3.05) is 45.2 Å². The van der Waals surface area contributed by atoms with E-state index in [1.54, 1.807) is 0 Å². The van der Waals surface area contributed by atoms with Crippen LogP contribution in [0.4, 0.5) is 10.1 Å². The number of anilines is 1. The van der Waals surface area contributed by atoms with E-state index >= 15 is 0 Å². The molecule has 0 aliphatic carbocycles. The van der Waals surface area contributed by atoms with Crippen molar-refractivity contribution in [1.29, 1.82) is 0 Å². The first-order chi connectivity index (χ1) is 18.4. The number of halogens is 1. The first-order valence-electron chi connectivity index (χ1n) is 13.8. The molecule has 2 aliphatic rings.